The molecule has 0 aromatic heterocycles. The first kappa shape index (κ1) is 12.0. The molecule has 1 aliphatic rings. The SMILES string of the molecule is CC(C)(C)[C@H]1CC[C@@H](O)[C@@H](CCO)C1. The van der Waals surface area contributed by atoms with Crippen molar-refractivity contribution >= 4 is 0 Å². The number of aliphatic hydroxyl groups is 2. The Kier molecular flexibility index (Phi) is 3.96. The van der Waals surface area contributed by atoms with Crippen LogP contribution in [-0.4, -0.2) is 22.9 Å². The molecule has 1 fully saturated rings. The van der Waals surface area contributed by atoms with E-state index in [0.29, 0.717) is 17.3 Å². The van der Waals surface area contributed by atoms with Crippen LogP contribution in [0, 0.1) is 17.3 Å². The molecule has 0 aromatic carbocycles. The zero-order valence-electron chi connectivity index (χ0n) is 9.66. The van der Waals surface area contributed by atoms with Crippen molar-refractivity contribution in [1.29, 1.82) is 0 Å². The van der Waals surface area contributed by atoms with Gasteiger partial charge in [-0.25, -0.2) is 0 Å². The Hall–Kier alpha value is -0.0800. The summed E-state index contributed by atoms with van der Waals surface area (Å²) in [5.41, 5.74) is 0.341. The summed E-state index contributed by atoms with van der Waals surface area (Å²) >= 11 is 0. The van der Waals surface area contributed by atoms with Crippen molar-refractivity contribution in [2.24, 2.45) is 17.3 Å². The molecule has 0 saturated heterocycles. The van der Waals surface area contributed by atoms with E-state index in [0.717, 1.165) is 25.7 Å². The monoisotopic (exact) mass is 200 g/mol. The summed E-state index contributed by atoms with van der Waals surface area (Å²) in [6.45, 7) is 7.01. The van der Waals surface area contributed by atoms with Crippen molar-refractivity contribution in [3.05, 3.63) is 0 Å². The summed E-state index contributed by atoms with van der Waals surface area (Å²) in [4.78, 5) is 0. The van der Waals surface area contributed by atoms with E-state index in [1.165, 1.54) is 0 Å². The first-order chi connectivity index (χ1) is 6.45. The fourth-order valence-corrected chi connectivity index (χ4v) is 2.51. The molecule has 0 radical (unpaired) electrons. The minimum Gasteiger partial charge on any atom is -0.396 e. The molecule has 84 valence electrons. The van der Waals surface area contributed by atoms with E-state index in [4.69, 9.17) is 5.11 Å². The summed E-state index contributed by atoms with van der Waals surface area (Å²) in [5.74, 6) is 1.01. The van der Waals surface area contributed by atoms with Crippen LogP contribution in [-0.2, 0) is 0 Å². The van der Waals surface area contributed by atoms with Crippen LogP contribution in [0.15, 0.2) is 0 Å². The minimum atomic E-state index is -0.180. The molecule has 2 N–H and O–H groups in total. The number of hydrogen-bond donors (Lipinski definition) is 2. The maximum atomic E-state index is 9.77. The molecule has 0 aromatic rings. The predicted molar refractivity (Wildman–Crippen MR) is 58.0 cm³/mol. The van der Waals surface area contributed by atoms with Gasteiger partial charge < -0.3 is 10.2 Å². The first-order valence-corrected chi connectivity index (χ1v) is 5.74. The van der Waals surface area contributed by atoms with E-state index in [9.17, 15) is 5.11 Å². The van der Waals surface area contributed by atoms with Crippen LogP contribution >= 0.6 is 0 Å². The van der Waals surface area contributed by atoms with Gasteiger partial charge in [-0.2, -0.15) is 0 Å². The Morgan fingerprint density at radius 1 is 1.21 bits per heavy atom. The van der Waals surface area contributed by atoms with Crippen molar-refractivity contribution in [2.75, 3.05) is 6.61 Å². The topological polar surface area (TPSA) is 40.5 Å². The lowest BCUT2D eigenvalue weighted by molar-refractivity contribution is 0.00907. The van der Waals surface area contributed by atoms with E-state index in [1.54, 1.807) is 0 Å². The maximum absolute atomic E-state index is 9.77. The van der Waals surface area contributed by atoms with Gasteiger partial charge in [-0.3, -0.25) is 0 Å². The molecule has 0 heterocycles. The lowest BCUT2D eigenvalue weighted by Gasteiger charge is -2.40. The smallest absolute Gasteiger partial charge is 0.0569 e. The van der Waals surface area contributed by atoms with Gasteiger partial charge in [0.15, 0.2) is 0 Å². The molecule has 0 amide bonds. The molecular formula is C12H24O2. The van der Waals surface area contributed by atoms with Gasteiger partial charge in [0.25, 0.3) is 0 Å². The average Bonchev–Trinajstić information content (AvgIpc) is 2.07. The average molecular weight is 200 g/mol. The van der Waals surface area contributed by atoms with E-state index in [2.05, 4.69) is 20.8 Å². The highest BCUT2D eigenvalue weighted by molar-refractivity contribution is 4.85. The van der Waals surface area contributed by atoms with Crippen LogP contribution in [0.2, 0.25) is 0 Å². The Labute approximate surface area is 87.3 Å². The maximum Gasteiger partial charge on any atom is 0.0569 e. The summed E-state index contributed by atoms with van der Waals surface area (Å²) in [6, 6.07) is 0. The summed E-state index contributed by atoms with van der Waals surface area (Å²) < 4.78 is 0. The van der Waals surface area contributed by atoms with Gasteiger partial charge in [0.05, 0.1) is 6.10 Å². The molecule has 0 spiro atoms. The van der Waals surface area contributed by atoms with E-state index in [1.807, 2.05) is 0 Å². The Bertz CT molecular complexity index is 172. The Balaban J connectivity index is 2.53. The van der Waals surface area contributed by atoms with E-state index >= 15 is 0 Å². The highest BCUT2D eigenvalue weighted by Crippen LogP contribution is 2.41. The third-order valence-electron chi connectivity index (χ3n) is 3.67. The molecule has 2 nitrogen and oxygen atoms in total. The number of rotatable bonds is 2. The molecule has 14 heavy (non-hydrogen) atoms. The van der Waals surface area contributed by atoms with Crippen LogP contribution < -0.4 is 0 Å². The largest absolute Gasteiger partial charge is 0.396 e. The van der Waals surface area contributed by atoms with Gasteiger partial charge >= 0.3 is 0 Å². The summed E-state index contributed by atoms with van der Waals surface area (Å²) in [7, 11) is 0. The third-order valence-corrected chi connectivity index (χ3v) is 3.67. The second kappa shape index (κ2) is 4.63. The fraction of sp³-hybridized carbons (Fsp3) is 1.00. The zero-order chi connectivity index (χ0) is 10.8. The van der Waals surface area contributed by atoms with E-state index < -0.39 is 0 Å². The molecule has 2 heteroatoms. The highest BCUT2D eigenvalue weighted by Gasteiger charge is 2.34. The van der Waals surface area contributed by atoms with Crippen molar-refractivity contribution in [3.63, 3.8) is 0 Å². The third kappa shape index (κ3) is 2.96. The van der Waals surface area contributed by atoms with Crippen LogP contribution in [0.5, 0.6) is 0 Å². The molecule has 0 bridgehead atoms. The normalized spacial score (nSPS) is 34.5. The quantitative estimate of drug-likeness (QED) is 0.717. The van der Waals surface area contributed by atoms with Crippen LogP contribution in [0.4, 0.5) is 0 Å². The van der Waals surface area contributed by atoms with Gasteiger partial charge in [-0.15, -0.1) is 0 Å². The van der Waals surface area contributed by atoms with Gasteiger partial charge in [0.2, 0.25) is 0 Å². The first-order valence-electron chi connectivity index (χ1n) is 5.74. The van der Waals surface area contributed by atoms with Crippen molar-refractivity contribution in [3.8, 4) is 0 Å². The lowest BCUT2D eigenvalue weighted by Crippen LogP contribution is -2.35. The minimum absolute atomic E-state index is 0.180. The zero-order valence-corrected chi connectivity index (χ0v) is 9.66. The highest BCUT2D eigenvalue weighted by atomic mass is 16.3. The predicted octanol–water partition coefficient (Wildman–Crippen LogP) is 2.19. The Morgan fingerprint density at radius 2 is 1.86 bits per heavy atom. The van der Waals surface area contributed by atoms with Crippen LogP contribution in [0.3, 0.4) is 0 Å². The van der Waals surface area contributed by atoms with Gasteiger partial charge in [0, 0.05) is 6.61 Å². The molecule has 0 aliphatic heterocycles. The van der Waals surface area contributed by atoms with Gasteiger partial charge in [-0.1, -0.05) is 20.8 Å². The molecule has 1 rings (SSSR count). The van der Waals surface area contributed by atoms with Crippen LogP contribution in [0.1, 0.15) is 46.5 Å². The molecule has 3 atom stereocenters. The van der Waals surface area contributed by atoms with Crippen molar-refractivity contribution in [2.45, 2.75) is 52.6 Å². The van der Waals surface area contributed by atoms with Gasteiger partial charge in [-0.05, 0) is 42.9 Å². The van der Waals surface area contributed by atoms with Crippen LogP contribution in [0.25, 0.3) is 0 Å². The number of hydrogen-bond acceptors (Lipinski definition) is 2. The molecule has 1 aliphatic carbocycles. The standard InChI is InChI=1S/C12H24O2/c1-12(2,3)10-4-5-11(14)9(8-10)6-7-13/h9-11,13-14H,4-8H2,1-3H3/t9-,10-,11+/m0/s1. The van der Waals surface area contributed by atoms with E-state index in [-0.39, 0.29) is 12.7 Å². The van der Waals surface area contributed by atoms with Crippen molar-refractivity contribution < 1.29 is 10.2 Å². The fourth-order valence-electron chi connectivity index (χ4n) is 2.51. The molecule has 1 saturated carbocycles. The Morgan fingerprint density at radius 3 is 2.36 bits per heavy atom. The summed E-state index contributed by atoms with van der Waals surface area (Å²) in [6.07, 6.45) is 3.69. The van der Waals surface area contributed by atoms with Gasteiger partial charge in [0.1, 0.15) is 0 Å². The second-order valence-corrected chi connectivity index (χ2v) is 5.72. The number of aliphatic hydroxyl groups excluding tert-OH is 2. The molecular weight excluding hydrogens is 176 g/mol. The second-order valence-electron chi connectivity index (χ2n) is 5.72. The lowest BCUT2D eigenvalue weighted by atomic mass is 9.67. The molecule has 0 unspecified atom stereocenters. The van der Waals surface area contributed by atoms with Crippen molar-refractivity contribution in [1.82, 2.24) is 0 Å². The summed E-state index contributed by atoms with van der Waals surface area (Å²) in [5, 5.41) is 18.7.